The minimum atomic E-state index is -0.340. The smallest absolute Gasteiger partial charge is 0.163 e. The lowest BCUT2D eigenvalue weighted by Crippen LogP contribution is -2.21. The van der Waals surface area contributed by atoms with Crippen molar-refractivity contribution in [2.45, 2.75) is 19.3 Å². The zero-order chi connectivity index (χ0) is 18.7. The predicted octanol–water partition coefficient (Wildman–Crippen LogP) is 4.79. The van der Waals surface area contributed by atoms with Gasteiger partial charge in [-0.1, -0.05) is 66.7 Å². The van der Waals surface area contributed by atoms with Crippen molar-refractivity contribution in [1.82, 2.24) is 15.0 Å². The van der Waals surface area contributed by atoms with Crippen LogP contribution in [0.15, 0.2) is 84.0 Å². The molecule has 0 saturated carbocycles. The van der Waals surface area contributed by atoms with Crippen LogP contribution < -0.4 is 0 Å². The Morgan fingerprint density at radius 2 is 1.44 bits per heavy atom. The van der Waals surface area contributed by atoms with Gasteiger partial charge in [0, 0.05) is 29.0 Å². The molecule has 2 aromatic carbocycles. The largest absolute Gasteiger partial charge is 0.268 e. The molecule has 1 aliphatic heterocycles. The van der Waals surface area contributed by atoms with Crippen LogP contribution in [0.25, 0.3) is 17.0 Å². The molecule has 4 heteroatoms. The van der Waals surface area contributed by atoms with Gasteiger partial charge < -0.3 is 0 Å². The summed E-state index contributed by atoms with van der Waals surface area (Å²) in [6, 6.07) is 20.3. The normalized spacial score (nSPS) is 18.8. The summed E-state index contributed by atoms with van der Waals surface area (Å²) in [5, 5.41) is 0. The molecule has 0 fully saturated rings. The molecule has 3 aromatic rings. The third-order valence-corrected chi connectivity index (χ3v) is 4.57. The fourth-order valence-corrected chi connectivity index (χ4v) is 3.15. The average molecular weight is 352 g/mol. The number of aryl methyl sites for hydroxylation is 1. The fraction of sp³-hybridized carbons (Fsp3) is 0.130. The first-order valence-electron chi connectivity index (χ1n) is 8.92. The predicted molar refractivity (Wildman–Crippen MR) is 109 cm³/mol. The summed E-state index contributed by atoms with van der Waals surface area (Å²) in [5.41, 5.74) is 2.74. The summed E-state index contributed by atoms with van der Waals surface area (Å²) in [6.45, 7) is 4.04. The first kappa shape index (κ1) is 17.0. The topological polar surface area (TPSA) is 51.0 Å². The van der Waals surface area contributed by atoms with E-state index in [0.29, 0.717) is 17.5 Å². The molecule has 0 saturated heterocycles. The van der Waals surface area contributed by atoms with Crippen LogP contribution in [-0.4, -0.2) is 21.2 Å². The van der Waals surface area contributed by atoms with Crippen LogP contribution >= 0.6 is 0 Å². The first-order valence-corrected chi connectivity index (χ1v) is 8.92. The van der Waals surface area contributed by atoms with Gasteiger partial charge >= 0.3 is 0 Å². The molecule has 2 heterocycles. The molecule has 1 unspecified atom stereocenters. The summed E-state index contributed by atoms with van der Waals surface area (Å²) < 4.78 is 0. The molecule has 27 heavy (non-hydrogen) atoms. The van der Waals surface area contributed by atoms with E-state index in [2.05, 4.69) is 40.1 Å². The van der Waals surface area contributed by atoms with Gasteiger partial charge in [-0.05, 0) is 25.5 Å². The van der Waals surface area contributed by atoms with Gasteiger partial charge in [-0.15, -0.1) is 0 Å². The molecule has 0 amide bonds. The van der Waals surface area contributed by atoms with Gasteiger partial charge in [0.25, 0.3) is 0 Å². The molecule has 0 radical (unpaired) electrons. The zero-order valence-electron chi connectivity index (χ0n) is 15.4. The molecule has 4 rings (SSSR count). The molecule has 0 N–H and O–H groups in total. The summed E-state index contributed by atoms with van der Waals surface area (Å²) in [4.78, 5) is 18.3. The Morgan fingerprint density at radius 3 is 2.19 bits per heavy atom. The Hall–Kier alpha value is -3.40. The molecule has 1 aliphatic rings. The maximum atomic E-state index is 4.73. The van der Waals surface area contributed by atoms with E-state index in [1.165, 1.54) is 5.56 Å². The van der Waals surface area contributed by atoms with Crippen LogP contribution in [0.1, 0.15) is 24.1 Å². The van der Waals surface area contributed by atoms with Crippen molar-refractivity contribution in [3.8, 4) is 11.4 Å². The highest BCUT2D eigenvalue weighted by Gasteiger charge is 2.24. The zero-order valence-corrected chi connectivity index (χ0v) is 15.4. The van der Waals surface area contributed by atoms with Crippen molar-refractivity contribution in [2.75, 3.05) is 0 Å². The number of hydrogen-bond donors (Lipinski definition) is 0. The lowest BCUT2D eigenvalue weighted by molar-refractivity contribution is 0.829. The Balaban J connectivity index is 1.82. The summed E-state index contributed by atoms with van der Waals surface area (Å²) in [6.07, 6.45) is 7.87. The molecule has 0 bridgehead atoms. The van der Waals surface area contributed by atoms with Gasteiger partial charge in [-0.3, -0.25) is 4.99 Å². The van der Waals surface area contributed by atoms with Gasteiger partial charge in [0.1, 0.15) is 5.82 Å². The Labute approximate surface area is 159 Å². The first-order chi connectivity index (χ1) is 13.1. The maximum Gasteiger partial charge on any atom is 0.163 e. The third-order valence-electron chi connectivity index (χ3n) is 4.57. The second-order valence-corrected chi connectivity index (χ2v) is 6.74. The van der Waals surface area contributed by atoms with Crippen LogP contribution in [0.4, 0.5) is 0 Å². The average Bonchev–Trinajstić information content (AvgIpc) is 2.92. The van der Waals surface area contributed by atoms with E-state index in [9.17, 15) is 0 Å². The highest BCUT2D eigenvalue weighted by molar-refractivity contribution is 5.84. The van der Waals surface area contributed by atoms with Gasteiger partial charge in [0.05, 0.1) is 0 Å². The summed E-state index contributed by atoms with van der Waals surface area (Å²) >= 11 is 0. The van der Waals surface area contributed by atoms with E-state index in [1.807, 2.05) is 67.7 Å². The lowest BCUT2D eigenvalue weighted by atomic mass is 9.82. The Kier molecular flexibility index (Phi) is 4.47. The van der Waals surface area contributed by atoms with E-state index < -0.39 is 0 Å². The summed E-state index contributed by atoms with van der Waals surface area (Å²) in [7, 11) is 0. The van der Waals surface area contributed by atoms with Crippen LogP contribution in [0.2, 0.25) is 0 Å². The SMILES string of the molecule is Cc1nc(C2=CC(C)(c3ccccc3)C=NC=C2)nc(-c2ccccc2)n1. The molecular weight excluding hydrogens is 332 g/mol. The van der Waals surface area contributed by atoms with E-state index in [0.717, 1.165) is 11.1 Å². The second kappa shape index (κ2) is 7.08. The van der Waals surface area contributed by atoms with Crippen molar-refractivity contribution < 1.29 is 0 Å². The van der Waals surface area contributed by atoms with Crippen LogP contribution in [0, 0.1) is 6.92 Å². The number of allylic oxidation sites excluding steroid dienone is 3. The number of benzene rings is 2. The molecule has 1 atom stereocenters. The highest BCUT2D eigenvalue weighted by Crippen LogP contribution is 2.30. The van der Waals surface area contributed by atoms with E-state index in [1.54, 1.807) is 6.20 Å². The Bertz CT molecular complexity index is 1040. The van der Waals surface area contributed by atoms with Crippen molar-refractivity contribution in [2.24, 2.45) is 4.99 Å². The molecule has 0 aliphatic carbocycles. The molecule has 0 spiro atoms. The molecule has 1 aromatic heterocycles. The van der Waals surface area contributed by atoms with Crippen molar-refractivity contribution in [3.05, 3.63) is 96.2 Å². The maximum absolute atomic E-state index is 4.73. The lowest BCUT2D eigenvalue weighted by Gasteiger charge is -2.22. The van der Waals surface area contributed by atoms with Crippen molar-refractivity contribution in [3.63, 3.8) is 0 Å². The minimum Gasteiger partial charge on any atom is -0.268 e. The van der Waals surface area contributed by atoms with Crippen LogP contribution in [-0.2, 0) is 5.41 Å². The van der Waals surface area contributed by atoms with E-state index in [-0.39, 0.29) is 5.41 Å². The van der Waals surface area contributed by atoms with Crippen molar-refractivity contribution in [1.29, 1.82) is 0 Å². The number of rotatable bonds is 3. The number of hydrogen-bond acceptors (Lipinski definition) is 4. The highest BCUT2D eigenvalue weighted by atomic mass is 15.0. The molecule has 4 nitrogen and oxygen atoms in total. The fourth-order valence-electron chi connectivity index (χ4n) is 3.15. The third kappa shape index (κ3) is 3.60. The minimum absolute atomic E-state index is 0.340. The van der Waals surface area contributed by atoms with E-state index >= 15 is 0 Å². The van der Waals surface area contributed by atoms with Crippen LogP contribution in [0.3, 0.4) is 0 Å². The number of aliphatic imine (C=N–C) groups is 1. The Morgan fingerprint density at radius 1 is 0.778 bits per heavy atom. The standard InChI is InChI=1S/C23H20N4/c1-17-25-21(18-9-5-3-6-10-18)27-22(26-17)19-13-14-24-16-23(2,15-19)20-11-7-4-8-12-20/h3-16H,1-2H3. The van der Waals surface area contributed by atoms with Gasteiger partial charge in [0.15, 0.2) is 11.6 Å². The van der Waals surface area contributed by atoms with E-state index in [4.69, 9.17) is 4.98 Å². The van der Waals surface area contributed by atoms with Gasteiger partial charge in [0.2, 0.25) is 0 Å². The van der Waals surface area contributed by atoms with Gasteiger partial charge in [-0.2, -0.15) is 0 Å². The summed E-state index contributed by atoms with van der Waals surface area (Å²) in [5.74, 6) is 2.03. The monoisotopic (exact) mass is 352 g/mol. The number of nitrogens with zero attached hydrogens (tertiary/aromatic N) is 4. The molecular formula is C23H20N4. The van der Waals surface area contributed by atoms with Gasteiger partial charge in [-0.25, -0.2) is 15.0 Å². The second-order valence-electron chi connectivity index (χ2n) is 6.74. The van der Waals surface area contributed by atoms with Crippen LogP contribution in [0.5, 0.6) is 0 Å². The van der Waals surface area contributed by atoms with Crippen molar-refractivity contribution >= 4 is 11.8 Å². The number of aromatic nitrogens is 3. The molecule has 132 valence electrons. The quantitative estimate of drug-likeness (QED) is 0.681.